The summed E-state index contributed by atoms with van der Waals surface area (Å²) in [4.78, 5) is 31.4. The van der Waals surface area contributed by atoms with Crippen molar-refractivity contribution >= 4 is 17.9 Å². The standard InChI is InChI=1S/C6H9IO6/c1-4(8)11-7(12-5(2)9)13-6(3)10/h1-3H3/q-1. The molecule has 0 rings (SSSR count). The van der Waals surface area contributed by atoms with E-state index in [0.717, 1.165) is 20.8 Å². The molecule has 0 aromatic rings. The van der Waals surface area contributed by atoms with Gasteiger partial charge >= 0.3 is 83.3 Å². The molecule has 0 aromatic carbocycles. The number of halogens is 1. The molecule has 6 nitrogen and oxygen atoms in total. The summed E-state index contributed by atoms with van der Waals surface area (Å²) < 4.78 is 13.5. The fraction of sp³-hybridized carbons (Fsp3) is 0.500. The second-order valence-corrected chi connectivity index (χ2v) is 4.30. The maximum absolute atomic E-state index is 10.5. The summed E-state index contributed by atoms with van der Waals surface area (Å²) >= 11 is -3.13. The van der Waals surface area contributed by atoms with Gasteiger partial charge in [-0.25, -0.2) is 0 Å². The van der Waals surface area contributed by atoms with E-state index in [2.05, 4.69) is 9.20 Å². The number of hydrogen-bond acceptors (Lipinski definition) is 6. The van der Waals surface area contributed by atoms with Crippen molar-refractivity contribution < 1.29 is 44.6 Å². The Balaban J connectivity index is 4.10. The van der Waals surface area contributed by atoms with Gasteiger partial charge in [0.2, 0.25) is 0 Å². The predicted molar refractivity (Wildman–Crippen MR) is 35.3 cm³/mol. The summed E-state index contributed by atoms with van der Waals surface area (Å²) in [6.07, 6.45) is 0. The van der Waals surface area contributed by atoms with Gasteiger partial charge in [0.05, 0.1) is 0 Å². The van der Waals surface area contributed by atoms with E-state index in [-0.39, 0.29) is 0 Å². The van der Waals surface area contributed by atoms with Crippen LogP contribution in [0.5, 0.6) is 0 Å². The van der Waals surface area contributed by atoms with Gasteiger partial charge in [-0.1, -0.05) is 0 Å². The van der Waals surface area contributed by atoms with Crippen molar-refractivity contribution in [2.45, 2.75) is 20.8 Å². The van der Waals surface area contributed by atoms with Crippen LogP contribution in [-0.4, -0.2) is 17.9 Å². The molecule has 0 aromatic heterocycles. The molecule has 0 saturated carbocycles. The van der Waals surface area contributed by atoms with E-state index >= 15 is 0 Å². The van der Waals surface area contributed by atoms with E-state index in [1.54, 1.807) is 0 Å². The van der Waals surface area contributed by atoms with E-state index in [1.807, 2.05) is 0 Å². The minimum absolute atomic E-state index is 0.646. The molecule has 0 N–H and O–H groups in total. The van der Waals surface area contributed by atoms with Gasteiger partial charge in [0, 0.05) is 0 Å². The summed E-state index contributed by atoms with van der Waals surface area (Å²) in [5.74, 6) is -1.94. The fourth-order valence-electron chi connectivity index (χ4n) is 0.313. The zero-order valence-electron chi connectivity index (χ0n) is 7.33. The number of carbonyl (C=O) groups is 3. The minimum atomic E-state index is -3.13. The number of carbonyl (C=O) groups excluding carboxylic acids is 3. The second kappa shape index (κ2) is 5.73. The molecule has 0 atom stereocenters. The molecule has 0 unspecified atom stereocenters. The Labute approximate surface area is 83.6 Å². The molecule has 1 radical (unpaired) electrons. The van der Waals surface area contributed by atoms with Gasteiger partial charge < -0.3 is 0 Å². The molecule has 77 valence electrons. The fourth-order valence-corrected chi connectivity index (χ4v) is 2.10. The molecule has 0 aliphatic rings. The molecule has 0 heterocycles. The average Bonchev–Trinajstić information content (AvgIpc) is 1.80. The van der Waals surface area contributed by atoms with Crippen LogP contribution in [0.4, 0.5) is 0 Å². The van der Waals surface area contributed by atoms with E-state index in [0.29, 0.717) is 0 Å². The molecule has 0 amide bonds. The monoisotopic (exact) mass is 304 g/mol. The van der Waals surface area contributed by atoms with Gasteiger partial charge in [-0.3, -0.25) is 0 Å². The molecule has 7 heteroatoms. The molecule has 0 fully saturated rings. The van der Waals surface area contributed by atoms with Crippen LogP contribution in [0, 0.1) is 0 Å². The Morgan fingerprint density at radius 2 is 1.00 bits per heavy atom. The first kappa shape index (κ1) is 12.1. The Hall–Kier alpha value is -0.860. The molecular formula is C6H9IO6-. The Bertz CT molecular complexity index is 187. The topological polar surface area (TPSA) is 78.9 Å². The first-order chi connectivity index (χ1) is 5.91. The van der Waals surface area contributed by atoms with Crippen LogP contribution in [0.25, 0.3) is 0 Å². The molecule has 13 heavy (non-hydrogen) atoms. The van der Waals surface area contributed by atoms with E-state index in [9.17, 15) is 14.4 Å². The van der Waals surface area contributed by atoms with Crippen molar-refractivity contribution in [1.82, 2.24) is 0 Å². The quantitative estimate of drug-likeness (QED) is 0.519. The summed E-state index contributed by atoms with van der Waals surface area (Å²) in [6, 6.07) is 0. The van der Waals surface area contributed by atoms with Crippen LogP contribution < -0.4 is 21.1 Å². The van der Waals surface area contributed by atoms with Gasteiger partial charge in [0.1, 0.15) is 0 Å². The number of rotatable bonds is 3. The third-order valence-electron chi connectivity index (χ3n) is 0.515. The summed E-state index contributed by atoms with van der Waals surface area (Å²) in [7, 11) is 0. The first-order valence-corrected chi connectivity index (χ1v) is 5.83. The summed E-state index contributed by atoms with van der Waals surface area (Å²) in [6.45, 7) is 3.41. The second-order valence-electron chi connectivity index (χ2n) is 1.90. The van der Waals surface area contributed by atoms with Gasteiger partial charge in [-0.2, -0.15) is 0 Å². The van der Waals surface area contributed by atoms with Crippen molar-refractivity contribution in [1.29, 1.82) is 0 Å². The van der Waals surface area contributed by atoms with E-state index < -0.39 is 39.0 Å². The van der Waals surface area contributed by atoms with Crippen LogP contribution in [0.3, 0.4) is 0 Å². The van der Waals surface area contributed by atoms with Crippen LogP contribution in [0.2, 0.25) is 0 Å². The molecule has 0 aliphatic carbocycles. The van der Waals surface area contributed by atoms with Crippen molar-refractivity contribution in [2.24, 2.45) is 0 Å². The predicted octanol–water partition coefficient (Wildman–Crippen LogP) is -2.95. The van der Waals surface area contributed by atoms with Crippen molar-refractivity contribution in [3.8, 4) is 0 Å². The summed E-state index contributed by atoms with van der Waals surface area (Å²) in [5, 5.41) is 0. The van der Waals surface area contributed by atoms with Crippen LogP contribution in [0.1, 0.15) is 20.8 Å². The van der Waals surface area contributed by atoms with Crippen LogP contribution >= 0.6 is 0 Å². The first-order valence-electron chi connectivity index (χ1n) is 3.19. The van der Waals surface area contributed by atoms with E-state index in [4.69, 9.17) is 0 Å². The third kappa shape index (κ3) is 7.50. The van der Waals surface area contributed by atoms with Crippen molar-refractivity contribution in [3.63, 3.8) is 0 Å². The Morgan fingerprint density at radius 1 is 0.769 bits per heavy atom. The van der Waals surface area contributed by atoms with Crippen LogP contribution in [0.15, 0.2) is 0 Å². The zero-order valence-corrected chi connectivity index (χ0v) is 9.48. The summed E-state index contributed by atoms with van der Waals surface area (Å²) in [5.41, 5.74) is 0. The molecular weight excluding hydrogens is 295 g/mol. The van der Waals surface area contributed by atoms with Gasteiger partial charge in [-0.15, -0.1) is 0 Å². The molecule has 0 bridgehead atoms. The SMILES string of the molecule is CC(=O)O[I-](OC(C)=O)OC(C)=O. The average molecular weight is 304 g/mol. The van der Waals surface area contributed by atoms with Gasteiger partial charge in [0.15, 0.2) is 0 Å². The molecule has 0 spiro atoms. The Kier molecular flexibility index (Phi) is 5.35. The van der Waals surface area contributed by atoms with Crippen molar-refractivity contribution in [3.05, 3.63) is 0 Å². The third-order valence-corrected chi connectivity index (χ3v) is 3.45. The Morgan fingerprint density at radius 3 is 1.15 bits per heavy atom. The van der Waals surface area contributed by atoms with Gasteiger partial charge in [-0.05, 0) is 0 Å². The maximum atomic E-state index is 10.5. The normalized spacial score (nSPS) is 9.92. The van der Waals surface area contributed by atoms with E-state index in [1.165, 1.54) is 0 Å². The molecule has 0 aliphatic heterocycles. The molecule has 0 saturated heterocycles. The van der Waals surface area contributed by atoms with Crippen molar-refractivity contribution in [2.75, 3.05) is 0 Å². The van der Waals surface area contributed by atoms with Crippen LogP contribution in [-0.2, 0) is 23.6 Å². The zero-order chi connectivity index (χ0) is 10.4. The number of hydrogen-bond donors (Lipinski definition) is 0. The van der Waals surface area contributed by atoms with Gasteiger partial charge in [0.25, 0.3) is 0 Å².